The number of carbonyl (C=O) groups is 1. The summed E-state index contributed by atoms with van der Waals surface area (Å²) < 4.78 is 5.32. The van der Waals surface area contributed by atoms with Gasteiger partial charge in [-0.3, -0.25) is 4.79 Å². The summed E-state index contributed by atoms with van der Waals surface area (Å²) in [5.41, 5.74) is 2.80. The van der Waals surface area contributed by atoms with E-state index in [-0.39, 0.29) is 5.91 Å². The lowest BCUT2D eigenvalue weighted by Crippen LogP contribution is -2.42. The lowest BCUT2D eigenvalue weighted by Gasteiger charge is -2.27. The van der Waals surface area contributed by atoms with Crippen LogP contribution in [0.5, 0.6) is 0 Å². The first kappa shape index (κ1) is 18.0. The Morgan fingerprint density at radius 2 is 2.30 bits per heavy atom. The van der Waals surface area contributed by atoms with Gasteiger partial charge in [-0.1, -0.05) is 0 Å². The number of likely N-dealkylation sites (N-methyl/N-ethyl adjacent to an activating group) is 1. The van der Waals surface area contributed by atoms with E-state index in [0.717, 1.165) is 36.2 Å². The van der Waals surface area contributed by atoms with Gasteiger partial charge in [0.05, 0.1) is 18.3 Å². The fourth-order valence-electron chi connectivity index (χ4n) is 3.08. The van der Waals surface area contributed by atoms with E-state index in [1.54, 1.807) is 4.90 Å². The van der Waals surface area contributed by atoms with Gasteiger partial charge in [-0.25, -0.2) is 0 Å². The van der Waals surface area contributed by atoms with Crippen molar-refractivity contribution in [2.24, 2.45) is 0 Å². The molecule has 1 aliphatic rings. The zero-order valence-electron chi connectivity index (χ0n) is 14.5. The third kappa shape index (κ3) is 4.80. The minimum absolute atomic E-state index is 0.0345. The maximum atomic E-state index is 12.7. The summed E-state index contributed by atoms with van der Waals surface area (Å²) in [5.74, 6) is 0.0345. The fourth-order valence-corrected chi connectivity index (χ4v) is 3.08. The molecule has 0 saturated carbocycles. The van der Waals surface area contributed by atoms with Crippen LogP contribution < -0.4 is 0 Å². The van der Waals surface area contributed by atoms with Gasteiger partial charge in [0.1, 0.15) is 0 Å². The highest BCUT2D eigenvalue weighted by atomic mass is 16.5. The van der Waals surface area contributed by atoms with Gasteiger partial charge in [0.25, 0.3) is 5.91 Å². The first-order chi connectivity index (χ1) is 11.0. The molecule has 0 unspecified atom stereocenters. The number of carbonyl (C=O) groups excluding carboxylic acids is 1. The first-order valence-electron chi connectivity index (χ1n) is 8.43. The number of nitrogens with one attached hydrogen (secondary N) is 1. The molecule has 1 aromatic heterocycles. The standard InChI is InChI=1S/C17H29N3O3/c1-4-23-9-8-19(3)11-14(21)12-20-7-5-6-15-16(17(20)22)13(2)10-18-15/h10,14,18,21H,4-9,11-12H2,1-3H3/t14-/m0/s1. The number of nitrogens with zero attached hydrogens (tertiary/aromatic N) is 2. The van der Waals surface area contributed by atoms with Crippen LogP contribution in [0.2, 0.25) is 0 Å². The molecule has 2 heterocycles. The highest BCUT2D eigenvalue weighted by molar-refractivity contribution is 5.97. The van der Waals surface area contributed by atoms with Crippen LogP contribution >= 0.6 is 0 Å². The van der Waals surface area contributed by atoms with Crippen molar-refractivity contribution >= 4 is 5.91 Å². The van der Waals surface area contributed by atoms with E-state index in [1.165, 1.54) is 0 Å². The molecular formula is C17H29N3O3. The average molecular weight is 323 g/mol. The van der Waals surface area contributed by atoms with E-state index in [0.29, 0.717) is 32.8 Å². The Labute approximate surface area is 138 Å². The van der Waals surface area contributed by atoms with Crippen molar-refractivity contribution in [3.05, 3.63) is 23.0 Å². The smallest absolute Gasteiger partial charge is 0.256 e. The SMILES string of the molecule is CCOCCN(C)C[C@H](O)CN1CCCc2[nH]cc(C)c2C1=O. The number of hydrogen-bond donors (Lipinski definition) is 2. The predicted molar refractivity (Wildman–Crippen MR) is 89.8 cm³/mol. The van der Waals surface area contributed by atoms with E-state index in [2.05, 4.69) is 4.98 Å². The van der Waals surface area contributed by atoms with Crippen LogP contribution in [0.1, 0.15) is 35.0 Å². The van der Waals surface area contributed by atoms with E-state index in [9.17, 15) is 9.90 Å². The minimum Gasteiger partial charge on any atom is -0.390 e. The molecule has 0 spiro atoms. The Bertz CT molecular complexity index is 515. The molecule has 0 radical (unpaired) electrons. The van der Waals surface area contributed by atoms with Crippen molar-refractivity contribution in [1.82, 2.24) is 14.8 Å². The molecule has 1 atom stereocenters. The maximum absolute atomic E-state index is 12.7. The Balaban J connectivity index is 1.89. The molecule has 1 aromatic rings. The second-order valence-corrected chi connectivity index (χ2v) is 6.29. The van der Waals surface area contributed by atoms with Crippen molar-refractivity contribution in [3.63, 3.8) is 0 Å². The van der Waals surface area contributed by atoms with Crippen LogP contribution in [-0.2, 0) is 11.2 Å². The van der Waals surface area contributed by atoms with Crippen molar-refractivity contribution in [2.75, 3.05) is 46.4 Å². The molecule has 1 amide bonds. The summed E-state index contributed by atoms with van der Waals surface area (Å²) >= 11 is 0. The zero-order valence-corrected chi connectivity index (χ0v) is 14.5. The van der Waals surface area contributed by atoms with Crippen molar-refractivity contribution < 1.29 is 14.6 Å². The molecule has 0 fully saturated rings. The molecule has 0 aliphatic carbocycles. The van der Waals surface area contributed by atoms with Gasteiger partial charge in [-0.15, -0.1) is 0 Å². The Morgan fingerprint density at radius 1 is 1.52 bits per heavy atom. The third-order valence-corrected chi connectivity index (χ3v) is 4.29. The number of aliphatic hydroxyl groups excluding tert-OH is 1. The molecule has 0 bridgehead atoms. The highest BCUT2D eigenvalue weighted by Crippen LogP contribution is 2.21. The Kier molecular flexibility index (Phi) is 6.62. The van der Waals surface area contributed by atoms with E-state index in [4.69, 9.17) is 4.74 Å². The van der Waals surface area contributed by atoms with Crippen LogP contribution in [0, 0.1) is 6.92 Å². The number of rotatable bonds is 8. The summed E-state index contributed by atoms with van der Waals surface area (Å²) in [6.07, 6.45) is 3.15. The van der Waals surface area contributed by atoms with Gasteiger partial charge in [0.2, 0.25) is 0 Å². The number of β-amino-alcohol motifs (C(OH)–C–C–N with tert-alkyl or cyclic N) is 1. The quantitative estimate of drug-likeness (QED) is 0.702. The second-order valence-electron chi connectivity index (χ2n) is 6.29. The van der Waals surface area contributed by atoms with Crippen molar-refractivity contribution in [2.45, 2.75) is 32.8 Å². The van der Waals surface area contributed by atoms with E-state index in [1.807, 2.05) is 32.0 Å². The largest absolute Gasteiger partial charge is 0.390 e. The van der Waals surface area contributed by atoms with Crippen molar-refractivity contribution in [1.29, 1.82) is 0 Å². The number of ether oxygens (including phenoxy) is 1. The summed E-state index contributed by atoms with van der Waals surface area (Å²) in [5, 5.41) is 10.3. The topological polar surface area (TPSA) is 68.8 Å². The Morgan fingerprint density at radius 3 is 3.04 bits per heavy atom. The van der Waals surface area contributed by atoms with E-state index < -0.39 is 6.10 Å². The van der Waals surface area contributed by atoms with Crippen LogP contribution in [0.15, 0.2) is 6.20 Å². The molecule has 0 aromatic carbocycles. The van der Waals surface area contributed by atoms with Crippen LogP contribution in [0.25, 0.3) is 0 Å². The average Bonchev–Trinajstić information content (AvgIpc) is 2.78. The lowest BCUT2D eigenvalue weighted by atomic mass is 10.1. The number of amides is 1. The summed E-state index contributed by atoms with van der Waals surface area (Å²) in [6, 6.07) is 0. The normalized spacial score (nSPS) is 16.6. The number of aryl methyl sites for hydroxylation is 2. The van der Waals surface area contributed by atoms with E-state index >= 15 is 0 Å². The van der Waals surface area contributed by atoms with Gasteiger partial charge in [-0.05, 0) is 39.3 Å². The minimum atomic E-state index is -0.550. The number of hydrogen-bond acceptors (Lipinski definition) is 4. The van der Waals surface area contributed by atoms with Crippen molar-refractivity contribution in [3.8, 4) is 0 Å². The second kappa shape index (κ2) is 8.47. The molecule has 2 N–H and O–H groups in total. The number of H-pyrrole nitrogens is 1. The highest BCUT2D eigenvalue weighted by Gasteiger charge is 2.26. The van der Waals surface area contributed by atoms with Gasteiger partial charge < -0.3 is 24.6 Å². The molecule has 130 valence electrons. The summed E-state index contributed by atoms with van der Waals surface area (Å²) in [7, 11) is 1.96. The molecule has 6 nitrogen and oxygen atoms in total. The molecular weight excluding hydrogens is 294 g/mol. The maximum Gasteiger partial charge on any atom is 0.256 e. The summed E-state index contributed by atoms with van der Waals surface area (Å²) in [6.45, 7) is 7.68. The predicted octanol–water partition coefficient (Wildman–Crippen LogP) is 1.04. The van der Waals surface area contributed by atoms with Crippen LogP contribution in [0.4, 0.5) is 0 Å². The van der Waals surface area contributed by atoms with Gasteiger partial charge >= 0.3 is 0 Å². The monoisotopic (exact) mass is 323 g/mol. The number of aliphatic hydroxyl groups is 1. The van der Waals surface area contributed by atoms with Crippen LogP contribution in [0.3, 0.4) is 0 Å². The third-order valence-electron chi connectivity index (χ3n) is 4.29. The zero-order chi connectivity index (χ0) is 16.8. The molecule has 2 rings (SSSR count). The van der Waals surface area contributed by atoms with Gasteiger partial charge in [0.15, 0.2) is 0 Å². The molecule has 23 heavy (non-hydrogen) atoms. The fraction of sp³-hybridized carbons (Fsp3) is 0.706. The van der Waals surface area contributed by atoms with Gasteiger partial charge in [0, 0.05) is 44.7 Å². The number of aromatic amines is 1. The first-order valence-corrected chi connectivity index (χ1v) is 8.43. The molecule has 0 saturated heterocycles. The molecule has 6 heteroatoms. The number of aromatic nitrogens is 1. The van der Waals surface area contributed by atoms with Crippen LogP contribution in [-0.4, -0.2) is 78.3 Å². The Hall–Kier alpha value is -1.37. The van der Waals surface area contributed by atoms with Gasteiger partial charge in [-0.2, -0.15) is 0 Å². The summed E-state index contributed by atoms with van der Waals surface area (Å²) in [4.78, 5) is 19.7. The number of fused-ring (bicyclic) bond motifs is 1. The molecule has 1 aliphatic heterocycles. The lowest BCUT2D eigenvalue weighted by molar-refractivity contribution is 0.0509.